The van der Waals surface area contributed by atoms with E-state index in [4.69, 9.17) is 0 Å². The number of para-hydroxylation sites is 2. The fourth-order valence-electron chi connectivity index (χ4n) is 3.68. The number of hydrogen-bond acceptors (Lipinski definition) is 2. The molecule has 124 valence electrons. The van der Waals surface area contributed by atoms with Crippen molar-refractivity contribution in [2.75, 3.05) is 37.6 Å². The van der Waals surface area contributed by atoms with Crippen LogP contribution in [0.5, 0.6) is 0 Å². The van der Waals surface area contributed by atoms with E-state index in [1.54, 1.807) is 0 Å². The van der Waals surface area contributed by atoms with Gasteiger partial charge in [-0.2, -0.15) is 0 Å². The molecule has 0 amide bonds. The van der Waals surface area contributed by atoms with Crippen molar-refractivity contribution in [1.82, 2.24) is 4.98 Å². The average molecular weight is 322 g/mol. The summed E-state index contributed by atoms with van der Waals surface area (Å²) >= 11 is 0. The average Bonchev–Trinajstić information content (AvgIpc) is 3.07. The van der Waals surface area contributed by atoms with Crippen molar-refractivity contribution < 1.29 is 10.0 Å². The van der Waals surface area contributed by atoms with Gasteiger partial charge in [0.15, 0.2) is 0 Å². The number of aromatic amines is 1. The summed E-state index contributed by atoms with van der Waals surface area (Å²) in [6.07, 6.45) is 1.54. The number of rotatable bonds is 4. The number of aromatic nitrogens is 1. The highest BCUT2D eigenvalue weighted by Gasteiger charge is 2.24. The van der Waals surface area contributed by atoms with Gasteiger partial charge in [-0.1, -0.05) is 36.4 Å². The highest BCUT2D eigenvalue weighted by Crippen LogP contribution is 2.23. The Bertz CT molecular complexity index is 791. The normalized spacial score (nSPS) is 17.3. The number of quaternary nitrogens is 1. The van der Waals surface area contributed by atoms with Crippen LogP contribution in [0.15, 0.2) is 60.8 Å². The Morgan fingerprint density at radius 3 is 2.50 bits per heavy atom. The van der Waals surface area contributed by atoms with Crippen LogP contribution < -0.4 is 9.80 Å². The number of fused-ring (bicyclic) bond motifs is 1. The lowest BCUT2D eigenvalue weighted by Crippen LogP contribution is -3.15. The maximum Gasteiger partial charge on any atom is 0.130 e. The summed E-state index contributed by atoms with van der Waals surface area (Å²) in [5.74, 6) is 0. The first-order chi connectivity index (χ1) is 11.8. The van der Waals surface area contributed by atoms with Crippen molar-refractivity contribution in [3.8, 4) is 0 Å². The number of aliphatic hydroxyl groups excluding tert-OH is 1. The Morgan fingerprint density at radius 2 is 1.71 bits per heavy atom. The van der Waals surface area contributed by atoms with Crippen LogP contribution in [0, 0.1) is 0 Å². The predicted molar refractivity (Wildman–Crippen MR) is 97.5 cm³/mol. The maximum absolute atomic E-state index is 10.7. The Kier molecular flexibility index (Phi) is 4.24. The Hall–Kier alpha value is -2.30. The molecule has 0 unspecified atom stereocenters. The van der Waals surface area contributed by atoms with Crippen molar-refractivity contribution in [2.24, 2.45) is 0 Å². The smallest absolute Gasteiger partial charge is 0.130 e. The molecule has 0 spiro atoms. The van der Waals surface area contributed by atoms with E-state index in [0.29, 0.717) is 0 Å². The Labute approximate surface area is 142 Å². The van der Waals surface area contributed by atoms with Crippen molar-refractivity contribution in [3.63, 3.8) is 0 Å². The van der Waals surface area contributed by atoms with Gasteiger partial charge in [0.1, 0.15) is 12.6 Å². The fraction of sp³-hybridized carbons (Fsp3) is 0.300. The van der Waals surface area contributed by atoms with Crippen molar-refractivity contribution >= 4 is 16.6 Å². The van der Waals surface area contributed by atoms with Crippen LogP contribution in [0.4, 0.5) is 5.69 Å². The van der Waals surface area contributed by atoms with Crippen LogP contribution in [0.25, 0.3) is 10.9 Å². The molecule has 4 nitrogen and oxygen atoms in total. The second-order valence-corrected chi connectivity index (χ2v) is 6.58. The number of nitrogens with one attached hydrogen (secondary N) is 2. The van der Waals surface area contributed by atoms with Gasteiger partial charge in [0.05, 0.1) is 26.2 Å². The number of aliphatic hydroxyl groups is 1. The minimum atomic E-state index is -0.417. The molecule has 1 aliphatic heterocycles. The van der Waals surface area contributed by atoms with Gasteiger partial charge in [0, 0.05) is 28.4 Å². The van der Waals surface area contributed by atoms with Gasteiger partial charge in [0.25, 0.3) is 0 Å². The van der Waals surface area contributed by atoms with Gasteiger partial charge in [0.2, 0.25) is 0 Å². The zero-order valence-corrected chi connectivity index (χ0v) is 13.8. The van der Waals surface area contributed by atoms with E-state index in [1.807, 2.05) is 18.3 Å². The largest absolute Gasteiger partial charge is 0.382 e. The van der Waals surface area contributed by atoms with Crippen LogP contribution in [0.3, 0.4) is 0 Å². The van der Waals surface area contributed by atoms with E-state index in [9.17, 15) is 5.11 Å². The maximum atomic E-state index is 10.7. The zero-order chi connectivity index (χ0) is 16.4. The molecular formula is C20H24N3O+. The van der Waals surface area contributed by atoms with Crippen molar-refractivity contribution in [2.45, 2.75) is 6.10 Å². The molecule has 3 N–H and O–H groups in total. The highest BCUT2D eigenvalue weighted by molar-refractivity contribution is 5.83. The first kappa shape index (κ1) is 15.2. The number of hydrogen-bond donors (Lipinski definition) is 3. The van der Waals surface area contributed by atoms with Crippen LogP contribution in [-0.2, 0) is 0 Å². The third-order valence-electron chi connectivity index (χ3n) is 5.05. The van der Waals surface area contributed by atoms with Crippen LogP contribution >= 0.6 is 0 Å². The molecule has 0 aliphatic carbocycles. The summed E-state index contributed by atoms with van der Waals surface area (Å²) in [6.45, 7) is 4.98. The van der Waals surface area contributed by atoms with E-state index in [0.717, 1.165) is 49.2 Å². The quantitative estimate of drug-likeness (QED) is 0.683. The lowest BCUT2D eigenvalue weighted by molar-refractivity contribution is -0.904. The molecule has 1 aromatic heterocycles. The zero-order valence-electron chi connectivity index (χ0n) is 13.8. The second-order valence-electron chi connectivity index (χ2n) is 6.58. The summed E-state index contributed by atoms with van der Waals surface area (Å²) in [5, 5.41) is 11.8. The summed E-state index contributed by atoms with van der Waals surface area (Å²) in [4.78, 5) is 7.16. The SMILES string of the molecule is O[C@@H](C[NH+]1CCN(c2ccccc2)CC1)c1c[nH]c2ccccc12. The standard InChI is InChI=1S/C20H23N3O/c24-20(18-14-21-19-9-5-4-8-17(18)19)15-22-10-12-23(13-11-22)16-6-2-1-3-7-16/h1-9,14,20-21,24H,10-13,15H2/p+1/t20-/m0/s1. The number of piperazine rings is 1. The van der Waals surface area contributed by atoms with E-state index in [1.165, 1.54) is 10.6 Å². The highest BCUT2D eigenvalue weighted by atomic mass is 16.3. The van der Waals surface area contributed by atoms with Crippen molar-refractivity contribution in [3.05, 3.63) is 66.4 Å². The number of H-pyrrole nitrogens is 1. The topological polar surface area (TPSA) is 43.7 Å². The fourth-order valence-corrected chi connectivity index (χ4v) is 3.68. The van der Waals surface area contributed by atoms with Gasteiger partial charge in [-0.25, -0.2) is 0 Å². The number of nitrogens with zero attached hydrogens (tertiary/aromatic N) is 1. The molecular weight excluding hydrogens is 298 g/mol. The van der Waals surface area contributed by atoms with Gasteiger partial charge in [-0.05, 0) is 18.2 Å². The summed E-state index contributed by atoms with van der Waals surface area (Å²) in [6, 6.07) is 18.8. The lowest BCUT2D eigenvalue weighted by Gasteiger charge is -2.34. The molecule has 0 bridgehead atoms. The molecule has 24 heavy (non-hydrogen) atoms. The minimum absolute atomic E-state index is 0.417. The third-order valence-corrected chi connectivity index (χ3v) is 5.05. The van der Waals surface area contributed by atoms with Gasteiger partial charge in [-0.3, -0.25) is 0 Å². The molecule has 4 heteroatoms. The second kappa shape index (κ2) is 6.67. The molecule has 0 saturated carbocycles. The van der Waals surface area contributed by atoms with Crippen molar-refractivity contribution in [1.29, 1.82) is 0 Å². The Balaban J connectivity index is 1.38. The van der Waals surface area contributed by atoms with E-state index >= 15 is 0 Å². The summed E-state index contributed by atoms with van der Waals surface area (Å²) < 4.78 is 0. The van der Waals surface area contributed by atoms with Crippen LogP contribution in [0.1, 0.15) is 11.7 Å². The van der Waals surface area contributed by atoms with Crippen LogP contribution in [-0.4, -0.2) is 42.8 Å². The molecule has 2 heterocycles. The van der Waals surface area contributed by atoms with Gasteiger partial charge >= 0.3 is 0 Å². The Morgan fingerprint density at radius 1 is 1.00 bits per heavy atom. The van der Waals surface area contributed by atoms with E-state index < -0.39 is 6.10 Å². The third kappa shape index (κ3) is 3.03. The predicted octanol–water partition coefficient (Wildman–Crippen LogP) is 1.61. The molecule has 4 rings (SSSR count). The summed E-state index contributed by atoms with van der Waals surface area (Å²) in [7, 11) is 0. The molecule has 1 atom stereocenters. The number of anilines is 1. The first-order valence-corrected chi connectivity index (χ1v) is 8.69. The molecule has 0 radical (unpaired) electrons. The van der Waals surface area contributed by atoms with E-state index in [2.05, 4.69) is 52.3 Å². The van der Waals surface area contributed by atoms with Gasteiger partial charge < -0.3 is 19.9 Å². The minimum Gasteiger partial charge on any atom is -0.382 e. The number of benzene rings is 2. The molecule has 3 aromatic rings. The lowest BCUT2D eigenvalue weighted by atomic mass is 10.1. The van der Waals surface area contributed by atoms with Gasteiger partial charge in [-0.15, -0.1) is 0 Å². The molecule has 1 fully saturated rings. The van der Waals surface area contributed by atoms with Crippen LogP contribution in [0.2, 0.25) is 0 Å². The first-order valence-electron chi connectivity index (χ1n) is 8.69. The molecule has 2 aromatic carbocycles. The molecule has 1 aliphatic rings. The summed E-state index contributed by atoms with van der Waals surface area (Å²) in [5.41, 5.74) is 3.41. The monoisotopic (exact) mass is 322 g/mol. The molecule has 1 saturated heterocycles. The van der Waals surface area contributed by atoms with E-state index in [-0.39, 0.29) is 0 Å².